The summed E-state index contributed by atoms with van der Waals surface area (Å²) in [6, 6.07) is 20.5. The van der Waals surface area contributed by atoms with Crippen molar-refractivity contribution in [2.24, 2.45) is 0 Å². The predicted octanol–water partition coefficient (Wildman–Crippen LogP) is 4.85. The molecule has 0 atom stereocenters. The van der Waals surface area contributed by atoms with Crippen molar-refractivity contribution >= 4 is 0 Å². The van der Waals surface area contributed by atoms with Crippen LogP contribution in [0.15, 0.2) is 65.1 Å². The Hall–Kier alpha value is -2.48. The van der Waals surface area contributed by atoms with Gasteiger partial charge in [0.15, 0.2) is 0 Å². The van der Waals surface area contributed by atoms with Crippen molar-refractivity contribution in [3.05, 3.63) is 77.6 Å². The number of hydrogen-bond donors (Lipinski definition) is 0. The summed E-state index contributed by atoms with van der Waals surface area (Å²) in [5, 5.41) is 0. The van der Waals surface area contributed by atoms with Crippen molar-refractivity contribution in [1.82, 2.24) is 0 Å². The van der Waals surface area contributed by atoms with E-state index in [0.717, 1.165) is 29.3 Å². The van der Waals surface area contributed by atoms with E-state index in [-0.39, 0.29) is 0 Å². The first-order valence-electron chi connectivity index (χ1n) is 7.04. The van der Waals surface area contributed by atoms with Crippen LogP contribution in [0, 0.1) is 6.92 Å². The molecule has 1 aromatic heterocycles. The van der Waals surface area contributed by atoms with E-state index >= 15 is 0 Å². The summed E-state index contributed by atoms with van der Waals surface area (Å²) in [5.74, 6) is 2.73. The minimum absolute atomic E-state index is 0.853. The maximum absolute atomic E-state index is 5.91. The van der Waals surface area contributed by atoms with Crippen LogP contribution in [-0.4, -0.2) is 7.11 Å². The van der Waals surface area contributed by atoms with Gasteiger partial charge in [0.1, 0.15) is 17.3 Å². The van der Waals surface area contributed by atoms with Gasteiger partial charge in [-0.1, -0.05) is 30.3 Å². The molecule has 0 amide bonds. The molecule has 0 fully saturated rings. The van der Waals surface area contributed by atoms with E-state index in [1.807, 2.05) is 37.3 Å². The number of methoxy groups -OCH3 is 1. The summed E-state index contributed by atoms with van der Waals surface area (Å²) in [6.07, 6.45) is 0.895. The van der Waals surface area contributed by atoms with Gasteiger partial charge in [0.05, 0.1) is 7.11 Å². The monoisotopic (exact) mass is 278 g/mol. The highest BCUT2D eigenvalue weighted by Crippen LogP contribution is 2.28. The van der Waals surface area contributed by atoms with Crippen molar-refractivity contribution < 1.29 is 9.15 Å². The highest BCUT2D eigenvalue weighted by molar-refractivity contribution is 5.60. The Kier molecular flexibility index (Phi) is 3.78. The van der Waals surface area contributed by atoms with Gasteiger partial charge in [-0.3, -0.25) is 0 Å². The average molecular weight is 278 g/mol. The number of benzene rings is 2. The third kappa shape index (κ3) is 3.00. The van der Waals surface area contributed by atoms with Crippen LogP contribution in [0.3, 0.4) is 0 Å². The number of furan rings is 1. The zero-order valence-electron chi connectivity index (χ0n) is 12.3. The topological polar surface area (TPSA) is 22.4 Å². The van der Waals surface area contributed by atoms with Gasteiger partial charge in [0.25, 0.3) is 0 Å². The molecule has 0 aliphatic heterocycles. The van der Waals surface area contributed by atoms with Gasteiger partial charge in [-0.05, 0) is 48.4 Å². The predicted molar refractivity (Wildman–Crippen MR) is 84.7 cm³/mol. The van der Waals surface area contributed by atoms with E-state index in [0.29, 0.717) is 0 Å². The zero-order valence-corrected chi connectivity index (χ0v) is 12.3. The first kappa shape index (κ1) is 13.5. The second-order valence-electron chi connectivity index (χ2n) is 5.08. The molecule has 1 heterocycles. The van der Waals surface area contributed by atoms with E-state index in [4.69, 9.17) is 9.15 Å². The molecule has 0 unspecified atom stereocenters. The Morgan fingerprint density at radius 2 is 1.67 bits per heavy atom. The van der Waals surface area contributed by atoms with Gasteiger partial charge < -0.3 is 9.15 Å². The number of ether oxygens (including phenoxy) is 1. The molecular formula is C19H18O2. The summed E-state index contributed by atoms with van der Waals surface area (Å²) in [6.45, 7) is 2.02. The summed E-state index contributed by atoms with van der Waals surface area (Å²) in [5.41, 5.74) is 3.59. The van der Waals surface area contributed by atoms with Crippen LogP contribution in [0.5, 0.6) is 5.75 Å². The van der Waals surface area contributed by atoms with E-state index in [1.54, 1.807) is 7.11 Å². The zero-order chi connectivity index (χ0) is 14.7. The minimum atomic E-state index is 0.853. The van der Waals surface area contributed by atoms with Gasteiger partial charge in [-0.25, -0.2) is 0 Å². The maximum atomic E-state index is 5.91. The Bertz CT molecular complexity index is 709. The fraction of sp³-hybridized carbons (Fsp3) is 0.158. The van der Waals surface area contributed by atoms with Crippen molar-refractivity contribution in [3.63, 3.8) is 0 Å². The second-order valence-corrected chi connectivity index (χ2v) is 5.08. The summed E-state index contributed by atoms with van der Waals surface area (Å²) in [7, 11) is 1.67. The van der Waals surface area contributed by atoms with Gasteiger partial charge in [0, 0.05) is 12.0 Å². The Labute approximate surface area is 125 Å². The van der Waals surface area contributed by atoms with E-state index in [2.05, 4.69) is 30.3 Å². The van der Waals surface area contributed by atoms with Gasteiger partial charge >= 0.3 is 0 Å². The lowest BCUT2D eigenvalue weighted by atomic mass is 10.0. The molecule has 0 aliphatic carbocycles. The summed E-state index contributed by atoms with van der Waals surface area (Å²) in [4.78, 5) is 0. The fourth-order valence-corrected chi connectivity index (χ4v) is 2.41. The van der Waals surface area contributed by atoms with Crippen LogP contribution >= 0.6 is 0 Å². The largest absolute Gasteiger partial charge is 0.497 e. The van der Waals surface area contributed by atoms with Crippen molar-refractivity contribution in [3.8, 4) is 17.1 Å². The standard InChI is InChI=1S/C19H18O2/c1-14-17(12-15-6-4-3-5-7-15)13-19(21-14)16-8-10-18(20-2)11-9-16/h3-11,13H,12H2,1-2H3. The minimum Gasteiger partial charge on any atom is -0.497 e. The molecule has 106 valence electrons. The molecule has 0 aliphatic rings. The molecule has 0 saturated carbocycles. The third-order valence-corrected chi connectivity index (χ3v) is 3.63. The highest BCUT2D eigenvalue weighted by atomic mass is 16.5. The molecule has 0 spiro atoms. The van der Waals surface area contributed by atoms with Crippen LogP contribution in [-0.2, 0) is 6.42 Å². The molecule has 3 aromatic rings. The normalized spacial score (nSPS) is 10.6. The van der Waals surface area contributed by atoms with Crippen molar-refractivity contribution in [1.29, 1.82) is 0 Å². The van der Waals surface area contributed by atoms with Crippen LogP contribution in [0.25, 0.3) is 11.3 Å². The Balaban J connectivity index is 1.86. The summed E-state index contributed by atoms with van der Waals surface area (Å²) >= 11 is 0. The number of rotatable bonds is 4. The smallest absolute Gasteiger partial charge is 0.134 e. The molecule has 2 aromatic carbocycles. The lowest BCUT2D eigenvalue weighted by Crippen LogP contribution is -1.86. The van der Waals surface area contributed by atoms with Crippen LogP contribution in [0.4, 0.5) is 0 Å². The third-order valence-electron chi connectivity index (χ3n) is 3.63. The molecule has 2 heteroatoms. The number of aryl methyl sites for hydroxylation is 1. The average Bonchev–Trinajstić information content (AvgIpc) is 2.89. The lowest BCUT2D eigenvalue weighted by Gasteiger charge is -2.00. The molecule has 0 radical (unpaired) electrons. The van der Waals surface area contributed by atoms with E-state index in [1.165, 1.54) is 11.1 Å². The molecule has 2 nitrogen and oxygen atoms in total. The Morgan fingerprint density at radius 3 is 2.33 bits per heavy atom. The van der Waals surface area contributed by atoms with E-state index in [9.17, 15) is 0 Å². The molecule has 0 N–H and O–H groups in total. The van der Waals surface area contributed by atoms with Crippen LogP contribution < -0.4 is 4.74 Å². The van der Waals surface area contributed by atoms with Crippen molar-refractivity contribution in [2.75, 3.05) is 7.11 Å². The maximum Gasteiger partial charge on any atom is 0.134 e. The lowest BCUT2D eigenvalue weighted by molar-refractivity contribution is 0.415. The SMILES string of the molecule is COc1ccc(-c2cc(Cc3ccccc3)c(C)o2)cc1. The fourth-order valence-electron chi connectivity index (χ4n) is 2.41. The molecule has 3 rings (SSSR count). The summed E-state index contributed by atoms with van der Waals surface area (Å²) < 4.78 is 11.1. The van der Waals surface area contributed by atoms with Gasteiger partial charge in [-0.2, -0.15) is 0 Å². The first-order valence-corrected chi connectivity index (χ1v) is 7.04. The molecular weight excluding hydrogens is 260 g/mol. The van der Waals surface area contributed by atoms with E-state index < -0.39 is 0 Å². The van der Waals surface area contributed by atoms with Crippen molar-refractivity contribution in [2.45, 2.75) is 13.3 Å². The van der Waals surface area contributed by atoms with Gasteiger partial charge in [-0.15, -0.1) is 0 Å². The van der Waals surface area contributed by atoms with Crippen LogP contribution in [0.2, 0.25) is 0 Å². The molecule has 0 saturated heterocycles. The van der Waals surface area contributed by atoms with Gasteiger partial charge in [0.2, 0.25) is 0 Å². The Morgan fingerprint density at radius 1 is 0.952 bits per heavy atom. The second kappa shape index (κ2) is 5.88. The van der Waals surface area contributed by atoms with Crippen LogP contribution in [0.1, 0.15) is 16.9 Å². The molecule has 21 heavy (non-hydrogen) atoms. The molecule has 0 bridgehead atoms. The highest BCUT2D eigenvalue weighted by Gasteiger charge is 2.10. The quantitative estimate of drug-likeness (QED) is 0.680. The first-order chi connectivity index (χ1) is 10.3. The number of hydrogen-bond acceptors (Lipinski definition) is 2.